The van der Waals surface area contributed by atoms with Crippen molar-refractivity contribution in [3.8, 4) is 11.5 Å². The Kier molecular flexibility index (Phi) is 5.33. The van der Waals surface area contributed by atoms with E-state index in [-0.39, 0.29) is 11.9 Å². The lowest BCUT2D eigenvalue weighted by atomic mass is 10.1. The largest absolute Gasteiger partial charge is 0.493 e. The Morgan fingerprint density at radius 3 is 2.84 bits per heavy atom. The van der Waals surface area contributed by atoms with Crippen molar-refractivity contribution in [1.29, 1.82) is 0 Å². The minimum Gasteiger partial charge on any atom is -0.493 e. The molecule has 1 fully saturated rings. The number of hydrogen-bond donors (Lipinski definition) is 0. The van der Waals surface area contributed by atoms with Gasteiger partial charge in [-0.25, -0.2) is 9.67 Å². The highest BCUT2D eigenvalue weighted by atomic mass is 16.5. The van der Waals surface area contributed by atoms with Gasteiger partial charge in [0.15, 0.2) is 11.5 Å². The Labute approximate surface area is 146 Å². The summed E-state index contributed by atoms with van der Waals surface area (Å²) in [6.45, 7) is 1.42. The summed E-state index contributed by atoms with van der Waals surface area (Å²) in [5.74, 6) is 1.30. The average Bonchev–Trinajstić information content (AvgIpc) is 3.20. The third kappa shape index (κ3) is 3.99. The molecule has 7 nitrogen and oxygen atoms in total. The number of rotatable bonds is 5. The highest BCUT2D eigenvalue weighted by molar-refractivity contribution is 5.92. The molecule has 1 amide bonds. The van der Waals surface area contributed by atoms with E-state index in [1.807, 2.05) is 27.8 Å². The van der Waals surface area contributed by atoms with E-state index in [9.17, 15) is 4.79 Å². The van der Waals surface area contributed by atoms with Crippen molar-refractivity contribution in [2.45, 2.75) is 18.9 Å². The lowest BCUT2D eigenvalue weighted by molar-refractivity contribution is -0.127. The van der Waals surface area contributed by atoms with E-state index in [1.54, 1.807) is 32.7 Å². The number of carbonyl (C=O) groups excluding carboxylic acids is 1. The maximum absolute atomic E-state index is 12.5. The third-order valence-corrected chi connectivity index (χ3v) is 4.34. The summed E-state index contributed by atoms with van der Waals surface area (Å²) >= 11 is 0. The zero-order valence-electron chi connectivity index (χ0n) is 14.5. The molecule has 0 N–H and O–H groups in total. The predicted molar refractivity (Wildman–Crippen MR) is 93.5 cm³/mol. The quantitative estimate of drug-likeness (QED) is 0.779. The molecule has 1 atom stereocenters. The van der Waals surface area contributed by atoms with E-state index >= 15 is 0 Å². The number of ether oxygens (including phenoxy) is 2. The molecular formula is C18H22N4O3. The van der Waals surface area contributed by atoms with Gasteiger partial charge >= 0.3 is 0 Å². The molecule has 1 aliphatic heterocycles. The van der Waals surface area contributed by atoms with Gasteiger partial charge in [0.2, 0.25) is 5.91 Å². The summed E-state index contributed by atoms with van der Waals surface area (Å²) < 4.78 is 12.3. The van der Waals surface area contributed by atoms with Crippen LogP contribution < -0.4 is 9.47 Å². The number of piperidine rings is 1. The number of likely N-dealkylation sites (tertiary alicyclic amines) is 1. The molecule has 2 aromatic rings. The van der Waals surface area contributed by atoms with E-state index in [1.165, 1.54) is 6.33 Å². The molecule has 0 radical (unpaired) electrons. The first-order valence-corrected chi connectivity index (χ1v) is 8.24. The highest BCUT2D eigenvalue weighted by Crippen LogP contribution is 2.28. The van der Waals surface area contributed by atoms with Crippen LogP contribution in [0, 0.1) is 0 Å². The Morgan fingerprint density at radius 1 is 1.28 bits per heavy atom. The molecule has 7 heteroatoms. The molecule has 0 saturated carbocycles. The van der Waals surface area contributed by atoms with Crippen LogP contribution in [0.3, 0.4) is 0 Å². The smallest absolute Gasteiger partial charge is 0.246 e. The second-order valence-corrected chi connectivity index (χ2v) is 5.90. The molecular weight excluding hydrogens is 320 g/mol. The Morgan fingerprint density at radius 2 is 2.12 bits per heavy atom. The first-order valence-electron chi connectivity index (χ1n) is 8.24. The van der Waals surface area contributed by atoms with Crippen molar-refractivity contribution in [1.82, 2.24) is 19.7 Å². The van der Waals surface area contributed by atoms with Crippen molar-refractivity contribution in [2.24, 2.45) is 0 Å². The van der Waals surface area contributed by atoms with Gasteiger partial charge in [-0.2, -0.15) is 5.10 Å². The molecule has 132 valence electrons. The molecule has 1 aliphatic rings. The minimum atomic E-state index is -0.000370. The molecule has 0 unspecified atom stereocenters. The molecule has 0 bridgehead atoms. The van der Waals surface area contributed by atoms with Crippen molar-refractivity contribution >= 4 is 12.0 Å². The summed E-state index contributed by atoms with van der Waals surface area (Å²) in [6, 6.07) is 5.75. The van der Waals surface area contributed by atoms with Gasteiger partial charge < -0.3 is 14.4 Å². The van der Waals surface area contributed by atoms with E-state index in [0.717, 1.165) is 24.9 Å². The minimum absolute atomic E-state index is 0.000370. The number of aromatic nitrogens is 3. The third-order valence-electron chi connectivity index (χ3n) is 4.34. The lowest BCUT2D eigenvalue weighted by Crippen LogP contribution is -2.40. The van der Waals surface area contributed by atoms with E-state index in [2.05, 4.69) is 10.1 Å². The van der Waals surface area contributed by atoms with Crippen LogP contribution in [0.15, 0.2) is 36.9 Å². The fourth-order valence-corrected chi connectivity index (χ4v) is 3.01. The van der Waals surface area contributed by atoms with Crippen LogP contribution in [0.25, 0.3) is 6.08 Å². The topological polar surface area (TPSA) is 69.5 Å². The monoisotopic (exact) mass is 342 g/mol. The summed E-state index contributed by atoms with van der Waals surface area (Å²) in [6.07, 6.45) is 8.59. The van der Waals surface area contributed by atoms with E-state index < -0.39 is 0 Å². The number of benzene rings is 1. The van der Waals surface area contributed by atoms with Crippen molar-refractivity contribution < 1.29 is 14.3 Å². The molecule has 1 aromatic heterocycles. The number of carbonyl (C=O) groups is 1. The fraction of sp³-hybridized carbons (Fsp3) is 0.389. The zero-order valence-corrected chi connectivity index (χ0v) is 14.5. The van der Waals surface area contributed by atoms with Crippen LogP contribution >= 0.6 is 0 Å². The van der Waals surface area contributed by atoms with Crippen LogP contribution in [-0.4, -0.2) is 52.9 Å². The number of amides is 1. The summed E-state index contributed by atoms with van der Waals surface area (Å²) in [7, 11) is 3.19. The molecule has 0 spiro atoms. The molecule has 25 heavy (non-hydrogen) atoms. The average molecular weight is 342 g/mol. The second-order valence-electron chi connectivity index (χ2n) is 5.90. The van der Waals surface area contributed by atoms with Crippen molar-refractivity contribution in [3.05, 3.63) is 42.5 Å². The predicted octanol–water partition coefficient (Wildman–Crippen LogP) is 2.17. The lowest BCUT2D eigenvalue weighted by Gasteiger charge is -2.31. The number of hydrogen-bond acceptors (Lipinski definition) is 5. The van der Waals surface area contributed by atoms with Gasteiger partial charge in [0, 0.05) is 19.2 Å². The summed E-state index contributed by atoms with van der Waals surface area (Å²) in [5.41, 5.74) is 0.885. The Balaban J connectivity index is 1.66. The maximum atomic E-state index is 12.5. The fourth-order valence-electron chi connectivity index (χ4n) is 3.01. The number of methoxy groups -OCH3 is 2. The SMILES string of the molecule is COc1ccc(/C=C\C(=O)N2CCC[C@@H](n3cncn3)C2)cc1OC. The van der Waals surface area contributed by atoms with Crippen LogP contribution in [0.1, 0.15) is 24.4 Å². The standard InChI is InChI=1S/C18H22N4O3/c1-24-16-7-5-14(10-17(16)25-2)6-8-18(23)21-9-3-4-15(11-21)22-13-19-12-20-22/h5-8,10,12-13,15H,3-4,9,11H2,1-2H3/b8-6-/t15-/m1/s1. The van der Waals surface area contributed by atoms with Crippen molar-refractivity contribution in [3.63, 3.8) is 0 Å². The van der Waals surface area contributed by atoms with Gasteiger partial charge in [0.1, 0.15) is 12.7 Å². The highest BCUT2D eigenvalue weighted by Gasteiger charge is 2.23. The van der Waals surface area contributed by atoms with Gasteiger partial charge in [0.05, 0.1) is 20.3 Å². The molecule has 3 rings (SSSR count). The summed E-state index contributed by atoms with van der Waals surface area (Å²) in [5, 5.41) is 4.19. The zero-order chi connectivity index (χ0) is 17.6. The summed E-state index contributed by atoms with van der Waals surface area (Å²) in [4.78, 5) is 18.3. The van der Waals surface area contributed by atoms with Gasteiger partial charge in [-0.3, -0.25) is 4.79 Å². The van der Waals surface area contributed by atoms with Crippen LogP contribution in [0.2, 0.25) is 0 Å². The molecule has 2 heterocycles. The number of nitrogens with zero attached hydrogens (tertiary/aromatic N) is 4. The maximum Gasteiger partial charge on any atom is 0.246 e. The van der Waals surface area contributed by atoms with E-state index in [4.69, 9.17) is 9.47 Å². The van der Waals surface area contributed by atoms with Crippen LogP contribution in [0.4, 0.5) is 0 Å². The van der Waals surface area contributed by atoms with Crippen LogP contribution in [-0.2, 0) is 4.79 Å². The Bertz CT molecular complexity index is 743. The Hall–Kier alpha value is -2.83. The van der Waals surface area contributed by atoms with Crippen molar-refractivity contribution in [2.75, 3.05) is 27.3 Å². The van der Waals surface area contributed by atoms with E-state index in [0.29, 0.717) is 18.0 Å². The normalized spacial score (nSPS) is 17.7. The first kappa shape index (κ1) is 17.0. The molecule has 0 aliphatic carbocycles. The van der Waals surface area contributed by atoms with Gasteiger partial charge in [-0.05, 0) is 36.6 Å². The van der Waals surface area contributed by atoms with Gasteiger partial charge in [-0.15, -0.1) is 0 Å². The van der Waals surface area contributed by atoms with Gasteiger partial charge in [0.25, 0.3) is 0 Å². The molecule has 1 saturated heterocycles. The molecule has 1 aromatic carbocycles. The second kappa shape index (κ2) is 7.83. The van der Waals surface area contributed by atoms with Crippen LogP contribution in [0.5, 0.6) is 11.5 Å². The first-order chi connectivity index (χ1) is 12.2. The van der Waals surface area contributed by atoms with Gasteiger partial charge in [-0.1, -0.05) is 6.07 Å².